The van der Waals surface area contributed by atoms with Gasteiger partial charge in [-0.1, -0.05) is 17.7 Å². The second-order valence-electron chi connectivity index (χ2n) is 6.21. The quantitative estimate of drug-likeness (QED) is 0.648. The Balaban J connectivity index is 1.55. The summed E-state index contributed by atoms with van der Waals surface area (Å²) in [4.78, 5) is 23.9. The minimum absolute atomic E-state index is 0.154. The molecule has 1 N–H and O–H groups in total. The minimum atomic E-state index is -0.454. The van der Waals surface area contributed by atoms with Crippen molar-refractivity contribution in [1.82, 2.24) is 9.78 Å². The number of hydrogen-bond acceptors (Lipinski definition) is 5. The molecule has 0 unspecified atom stereocenters. The van der Waals surface area contributed by atoms with E-state index >= 15 is 0 Å². The van der Waals surface area contributed by atoms with Crippen LogP contribution < -0.4 is 5.32 Å². The molecule has 0 aliphatic carbocycles. The van der Waals surface area contributed by atoms with Gasteiger partial charge in [-0.2, -0.15) is 5.10 Å². The molecule has 0 aliphatic rings. The lowest BCUT2D eigenvalue weighted by atomic mass is 10.2. The molecule has 0 atom stereocenters. The molecule has 0 saturated carbocycles. The molecule has 7 nitrogen and oxygen atoms in total. The highest BCUT2D eigenvalue weighted by molar-refractivity contribution is 5.92. The summed E-state index contributed by atoms with van der Waals surface area (Å²) in [6, 6.07) is 13.1. The van der Waals surface area contributed by atoms with Crippen LogP contribution in [0.5, 0.6) is 0 Å². The molecule has 0 radical (unpaired) electrons. The van der Waals surface area contributed by atoms with Crippen LogP contribution in [0.1, 0.15) is 23.4 Å². The van der Waals surface area contributed by atoms with Gasteiger partial charge in [0.25, 0.3) is 5.91 Å². The first-order chi connectivity index (χ1) is 13.0. The maximum Gasteiger partial charge on any atom is 0.306 e. The van der Waals surface area contributed by atoms with Crippen LogP contribution in [-0.2, 0) is 20.7 Å². The van der Waals surface area contributed by atoms with E-state index in [0.29, 0.717) is 18.0 Å². The van der Waals surface area contributed by atoms with E-state index in [4.69, 9.17) is 9.15 Å². The molecular formula is C20H21N3O4. The van der Waals surface area contributed by atoms with Gasteiger partial charge in [0.2, 0.25) is 0 Å². The number of anilines is 1. The van der Waals surface area contributed by atoms with Gasteiger partial charge in [0.1, 0.15) is 11.6 Å². The van der Waals surface area contributed by atoms with Gasteiger partial charge in [0.05, 0.1) is 24.1 Å². The predicted octanol–water partition coefficient (Wildman–Crippen LogP) is 3.20. The van der Waals surface area contributed by atoms with Gasteiger partial charge < -0.3 is 14.5 Å². The third kappa shape index (κ3) is 5.07. The lowest BCUT2D eigenvalue weighted by Gasteiger charge is -2.09. The van der Waals surface area contributed by atoms with Crippen molar-refractivity contribution in [2.75, 3.05) is 11.9 Å². The van der Waals surface area contributed by atoms with E-state index < -0.39 is 11.9 Å². The number of benzene rings is 1. The second kappa shape index (κ2) is 8.35. The van der Waals surface area contributed by atoms with E-state index in [9.17, 15) is 9.59 Å². The largest absolute Gasteiger partial charge is 0.469 e. The van der Waals surface area contributed by atoms with Crippen molar-refractivity contribution in [2.45, 2.75) is 26.7 Å². The van der Waals surface area contributed by atoms with Gasteiger partial charge >= 0.3 is 5.97 Å². The zero-order chi connectivity index (χ0) is 19.2. The number of aryl methyl sites for hydroxylation is 3. The molecule has 27 heavy (non-hydrogen) atoms. The molecule has 2 heterocycles. The van der Waals surface area contributed by atoms with Crippen molar-refractivity contribution in [2.24, 2.45) is 0 Å². The number of carbonyl (C=O) groups is 2. The Morgan fingerprint density at radius 2 is 1.96 bits per heavy atom. The van der Waals surface area contributed by atoms with Crippen molar-refractivity contribution < 1.29 is 18.7 Å². The maximum absolute atomic E-state index is 12.1. The van der Waals surface area contributed by atoms with Crippen molar-refractivity contribution in [3.8, 4) is 5.69 Å². The van der Waals surface area contributed by atoms with Crippen LogP contribution in [-0.4, -0.2) is 28.3 Å². The van der Waals surface area contributed by atoms with Gasteiger partial charge in [-0.05, 0) is 38.1 Å². The molecule has 140 valence electrons. The molecule has 0 fully saturated rings. The van der Waals surface area contributed by atoms with Crippen LogP contribution in [0.15, 0.2) is 53.1 Å². The number of amides is 1. The Hall–Kier alpha value is -3.35. The van der Waals surface area contributed by atoms with Crippen LogP contribution in [0.4, 0.5) is 5.82 Å². The Labute approximate surface area is 156 Å². The lowest BCUT2D eigenvalue weighted by molar-refractivity contribution is -0.147. The second-order valence-corrected chi connectivity index (χ2v) is 6.21. The monoisotopic (exact) mass is 367 g/mol. The first kappa shape index (κ1) is 18.4. The smallest absolute Gasteiger partial charge is 0.306 e. The van der Waals surface area contributed by atoms with Crippen LogP contribution in [0.3, 0.4) is 0 Å². The van der Waals surface area contributed by atoms with E-state index in [2.05, 4.69) is 10.4 Å². The Bertz CT molecular complexity index is 911. The van der Waals surface area contributed by atoms with Crippen molar-refractivity contribution in [1.29, 1.82) is 0 Å². The van der Waals surface area contributed by atoms with E-state index in [-0.39, 0.29) is 13.0 Å². The highest BCUT2D eigenvalue weighted by Gasteiger charge is 2.13. The summed E-state index contributed by atoms with van der Waals surface area (Å²) in [5.74, 6) is 0.348. The Kier molecular flexibility index (Phi) is 5.71. The number of nitrogens with zero attached hydrogens (tertiary/aromatic N) is 2. The highest BCUT2D eigenvalue weighted by atomic mass is 16.5. The minimum Gasteiger partial charge on any atom is -0.469 e. The molecule has 0 bridgehead atoms. The number of ether oxygens (including phenoxy) is 1. The SMILES string of the molecule is Cc1ccc(-n2nc(C)cc2NC(=O)COC(=O)CCc2ccco2)cc1. The van der Waals surface area contributed by atoms with E-state index in [1.807, 2.05) is 38.1 Å². The number of carbonyl (C=O) groups excluding carboxylic acids is 2. The van der Waals surface area contributed by atoms with Crippen LogP contribution in [0.25, 0.3) is 5.69 Å². The molecule has 7 heteroatoms. The number of rotatable bonds is 7. The van der Waals surface area contributed by atoms with Crippen molar-refractivity contribution in [3.05, 3.63) is 65.7 Å². The molecular weight excluding hydrogens is 346 g/mol. The summed E-state index contributed by atoms with van der Waals surface area (Å²) in [6.07, 6.45) is 2.14. The molecule has 0 aliphatic heterocycles. The third-order valence-electron chi connectivity index (χ3n) is 3.90. The zero-order valence-corrected chi connectivity index (χ0v) is 15.3. The topological polar surface area (TPSA) is 86.4 Å². The van der Waals surface area contributed by atoms with Crippen LogP contribution >= 0.6 is 0 Å². The van der Waals surface area contributed by atoms with Gasteiger partial charge in [-0.15, -0.1) is 0 Å². The first-order valence-electron chi connectivity index (χ1n) is 8.63. The number of furan rings is 1. The molecule has 0 saturated heterocycles. The van der Waals surface area contributed by atoms with Gasteiger partial charge in [-0.25, -0.2) is 4.68 Å². The van der Waals surface area contributed by atoms with Crippen LogP contribution in [0, 0.1) is 13.8 Å². The molecule has 1 aromatic carbocycles. The first-order valence-corrected chi connectivity index (χ1v) is 8.63. The van der Waals surface area contributed by atoms with Crippen molar-refractivity contribution in [3.63, 3.8) is 0 Å². The number of esters is 1. The number of hydrogen-bond donors (Lipinski definition) is 1. The summed E-state index contributed by atoms with van der Waals surface area (Å²) < 4.78 is 11.8. The highest BCUT2D eigenvalue weighted by Crippen LogP contribution is 2.17. The molecule has 0 spiro atoms. The summed E-state index contributed by atoms with van der Waals surface area (Å²) in [7, 11) is 0. The summed E-state index contributed by atoms with van der Waals surface area (Å²) in [6.45, 7) is 3.49. The standard InChI is InChI=1S/C20H21N3O4/c1-14-5-7-16(8-6-14)23-18(12-15(2)22-23)21-19(24)13-27-20(25)10-9-17-4-3-11-26-17/h3-8,11-12H,9-10,13H2,1-2H3,(H,21,24). The van der Waals surface area contributed by atoms with E-state index in [1.165, 1.54) is 0 Å². The van der Waals surface area contributed by atoms with Gasteiger partial charge in [0.15, 0.2) is 6.61 Å². The lowest BCUT2D eigenvalue weighted by Crippen LogP contribution is -2.22. The summed E-state index contributed by atoms with van der Waals surface area (Å²) in [5, 5.41) is 7.14. The third-order valence-corrected chi connectivity index (χ3v) is 3.90. The fraction of sp³-hybridized carbons (Fsp3) is 0.250. The molecule has 2 aromatic heterocycles. The van der Waals surface area contributed by atoms with E-state index in [1.54, 1.807) is 29.1 Å². The van der Waals surface area contributed by atoms with E-state index in [0.717, 1.165) is 16.9 Å². The fourth-order valence-electron chi connectivity index (χ4n) is 2.55. The summed E-state index contributed by atoms with van der Waals surface area (Å²) >= 11 is 0. The molecule has 3 rings (SSSR count). The Morgan fingerprint density at radius 3 is 2.67 bits per heavy atom. The average molecular weight is 367 g/mol. The predicted molar refractivity (Wildman–Crippen MR) is 99.7 cm³/mol. The fourth-order valence-corrected chi connectivity index (χ4v) is 2.55. The van der Waals surface area contributed by atoms with Crippen molar-refractivity contribution >= 4 is 17.7 Å². The molecule has 1 amide bonds. The number of nitrogens with one attached hydrogen (secondary N) is 1. The molecule has 3 aromatic rings. The Morgan fingerprint density at radius 1 is 1.19 bits per heavy atom. The average Bonchev–Trinajstić information content (AvgIpc) is 3.28. The maximum atomic E-state index is 12.1. The summed E-state index contributed by atoms with van der Waals surface area (Å²) in [5.41, 5.74) is 2.73. The zero-order valence-electron chi connectivity index (χ0n) is 15.3. The van der Waals surface area contributed by atoms with Crippen LogP contribution in [0.2, 0.25) is 0 Å². The normalized spacial score (nSPS) is 10.6. The number of aromatic nitrogens is 2. The van der Waals surface area contributed by atoms with Gasteiger partial charge in [0, 0.05) is 12.5 Å². The van der Waals surface area contributed by atoms with Gasteiger partial charge in [-0.3, -0.25) is 9.59 Å².